The van der Waals surface area contributed by atoms with Crippen LogP contribution < -0.4 is 25.1 Å². The average molecular weight is 490 g/mol. The number of nitrogens with zero attached hydrogens (tertiary/aromatic N) is 4. The van der Waals surface area contributed by atoms with Crippen molar-refractivity contribution in [3.8, 4) is 17.2 Å². The first-order valence-electron chi connectivity index (χ1n) is 9.49. The van der Waals surface area contributed by atoms with Crippen molar-refractivity contribution in [2.45, 2.75) is 17.0 Å². The zero-order chi connectivity index (χ0) is 23.5. The van der Waals surface area contributed by atoms with E-state index in [2.05, 4.69) is 20.5 Å². The lowest BCUT2D eigenvalue weighted by molar-refractivity contribution is 0.102. The number of ether oxygens (including phenoxy) is 3. The Labute approximate surface area is 195 Å². The van der Waals surface area contributed by atoms with Crippen LogP contribution in [0.3, 0.4) is 0 Å². The second-order valence-electron chi connectivity index (χ2n) is 6.61. The van der Waals surface area contributed by atoms with Crippen LogP contribution in [0.15, 0.2) is 37.9 Å². The predicted octanol–water partition coefficient (Wildman–Crippen LogP) is 3.02. The van der Waals surface area contributed by atoms with E-state index in [9.17, 15) is 9.59 Å². The van der Waals surface area contributed by atoms with Gasteiger partial charge in [-0.25, -0.2) is 4.98 Å². The molecule has 13 heteroatoms. The van der Waals surface area contributed by atoms with Crippen LogP contribution in [0.1, 0.15) is 21.8 Å². The van der Waals surface area contributed by atoms with Crippen LogP contribution in [0.5, 0.6) is 17.2 Å². The van der Waals surface area contributed by atoms with Gasteiger partial charge in [0.2, 0.25) is 10.9 Å². The van der Waals surface area contributed by atoms with Crippen molar-refractivity contribution in [1.29, 1.82) is 0 Å². The van der Waals surface area contributed by atoms with Gasteiger partial charge in [0, 0.05) is 23.4 Å². The van der Waals surface area contributed by atoms with Gasteiger partial charge in [-0.15, -0.1) is 14.8 Å². The molecule has 0 radical (unpaired) electrons. The first-order chi connectivity index (χ1) is 15.9. The third-order valence-electron chi connectivity index (χ3n) is 4.42. The Hall–Kier alpha value is -3.58. The second-order valence-corrected chi connectivity index (χ2v) is 8.81. The van der Waals surface area contributed by atoms with Gasteiger partial charge in [-0.3, -0.25) is 14.9 Å². The smallest absolute Gasteiger partial charge is 0.287 e. The maximum atomic E-state index is 12.7. The van der Waals surface area contributed by atoms with Crippen LogP contribution in [-0.4, -0.2) is 47.0 Å². The fourth-order valence-electron chi connectivity index (χ4n) is 2.98. The Morgan fingerprint density at radius 1 is 1.12 bits per heavy atom. The van der Waals surface area contributed by atoms with Crippen molar-refractivity contribution in [2.24, 2.45) is 0 Å². The maximum absolute atomic E-state index is 12.7. The lowest BCUT2D eigenvalue weighted by atomic mass is 10.1. The molecule has 3 aromatic heterocycles. The van der Waals surface area contributed by atoms with E-state index in [4.69, 9.17) is 18.7 Å². The van der Waals surface area contributed by atoms with Crippen LogP contribution in [0.2, 0.25) is 0 Å². The minimum absolute atomic E-state index is 0.292. The summed E-state index contributed by atoms with van der Waals surface area (Å²) in [5.74, 6) is 1.72. The first-order valence-corrected chi connectivity index (χ1v) is 11.3. The van der Waals surface area contributed by atoms with E-state index in [0.29, 0.717) is 55.1 Å². The highest BCUT2D eigenvalue weighted by atomic mass is 32.2. The third-order valence-corrected chi connectivity index (χ3v) is 6.43. The Morgan fingerprint density at radius 3 is 2.52 bits per heavy atom. The summed E-state index contributed by atoms with van der Waals surface area (Å²) in [6.45, 7) is 1.75. The van der Waals surface area contributed by atoms with Crippen LogP contribution in [-0.2, 0) is 5.75 Å². The fraction of sp³-hybridized carbons (Fsp3) is 0.250. The van der Waals surface area contributed by atoms with E-state index >= 15 is 0 Å². The van der Waals surface area contributed by atoms with Crippen LogP contribution in [0.25, 0.3) is 5.65 Å². The van der Waals surface area contributed by atoms with Crippen LogP contribution >= 0.6 is 23.1 Å². The van der Waals surface area contributed by atoms with Crippen molar-refractivity contribution in [2.75, 3.05) is 26.6 Å². The van der Waals surface area contributed by atoms with Gasteiger partial charge in [0.15, 0.2) is 21.5 Å². The number of amides is 1. The number of benzene rings is 1. The molecule has 1 amide bonds. The van der Waals surface area contributed by atoms with E-state index in [0.717, 1.165) is 4.57 Å². The molecule has 4 aromatic rings. The quantitative estimate of drug-likeness (QED) is 0.291. The molecule has 4 rings (SSSR count). The normalized spacial score (nSPS) is 10.9. The number of nitrogens with one attached hydrogen (secondary N) is 1. The predicted molar refractivity (Wildman–Crippen MR) is 122 cm³/mol. The standard InChI is InChI=1S/C20H19N5O6S2/c1-10-5-15-21-12(8-16(26)25(15)31-10)9-32-20-24-23-19(33-20)22-18(27)11-6-13(28-2)17(30-4)14(7-11)29-3/h5-8H,9H2,1-4H3,(H,22,23,27). The van der Waals surface area contributed by atoms with Gasteiger partial charge in [-0.2, -0.15) is 0 Å². The number of thioether (sulfide) groups is 1. The summed E-state index contributed by atoms with van der Waals surface area (Å²) < 4.78 is 22.9. The fourth-order valence-corrected chi connectivity index (χ4v) is 4.62. The lowest BCUT2D eigenvalue weighted by Crippen LogP contribution is -2.12. The molecule has 0 aliphatic carbocycles. The van der Waals surface area contributed by atoms with E-state index in [1.165, 1.54) is 50.5 Å². The highest BCUT2D eigenvalue weighted by Gasteiger charge is 2.18. The zero-order valence-electron chi connectivity index (χ0n) is 18.1. The summed E-state index contributed by atoms with van der Waals surface area (Å²) in [4.78, 5) is 29.3. The molecule has 3 heterocycles. The topological polar surface area (TPSA) is 130 Å². The number of carbonyl (C=O) groups is 1. The van der Waals surface area contributed by atoms with Crippen molar-refractivity contribution in [3.63, 3.8) is 0 Å². The third kappa shape index (κ3) is 4.78. The van der Waals surface area contributed by atoms with Gasteiger partial charge in [0.25, 0.3) is 11.5 Å². The molecule has 0 bridgehead atoms. The molecule has 0 saturated carbocycles. The summed E-state index contributed by atoms with van der Waals surface area (Å²) >= 11 is 2.56. The molecular weight excluding hydrogens is 470 g/mol. The number of rotatable bonds is 8. The van der Waals surface area contributed by atoms with Crippen molar-refractivity contribution in [3.05, 3.63) is 51.6 Å². The first kappa shape index (κ1) is 22.6. The summed E-state index contributed by atoms with van der Waals surface area (Å²) in [5, 5.41) is 11.1. The van der Waals surface area contributed by atoms with Gasteiger partial charge in [-0.05, 0) is 19.1 Å². The Kier molecular flexibility index (Phi) is 6.51. The van der Waals surface area contributed by atoms with Crippen LogP contribution in [0, 0.1) is 6.92 Å². The Balaban J connectivity index is 1.45. The zero-order valence-corrected chi connectivity index (χ0v) is 19.7. The number of fused-ring (bicyclic) bond motifs is 1. The lowest BCUT2D eigenvalue weighted by Gasteiger charge is -2.13. The molecule has 0 saturated heterocycles. The largest absolute Gasteiger partial charge is 0.493 e. The Morgan fingerprint density at radius 2 is 1.85 bits per heavy atom. The van der Waals surface area contributed by atoms with Gasteiger partial charge < -0.3 is 18.7 Å². The minimum Gasteiger partial charge on any atom is -0.493 e. The maximum Gasteiger partial charge on any atom is 0.287 e. The molecular formula is C20H19N5O6S2. The van der Waals surface area contributed by atoms with Gasteiger partial charge in [0.05, 0.1) is 27.0 Å². The summed E-state index contributed by atoms with van der Waals surface area (Å²) in [7, 11) is 4.44. The van der Waals surface area contributed by atoms with Crippen LogP contribution in [0.4, 0.5) is 5.13 Å². The van der Waals surface area contributed by atoms with E-state index in [-0.39, 0.29) is 5.56 Å². The summed E-state index contributed by atoms with van der Waals surface area (Å²) in [6, 6.07) is 6.20. The number of aromatic nitrogens is 4. The summed E-state index contributed by atoms with van der Waals surface area (Å²) in [5.41, 5.74) is 1.05. The molecule has 0 unspecified atom stereocenters. The number of methoxy groups -OCH3 is 3. The number of hydrogen-bond acceptors (Lipinski definition) is 11. The summed E-state index contributed by atoms with van der Waals surface area (Å²) in [6.07, 6.45) is 0. The van der Waals surface area contributed by atoms with Gasteiger partial charge >= 0.3 is 0 Å². The Bertz CT molecular complexity index is 1350. The molecule has 1 N–H and O–H groups in total. The minimum atomic E-state index is -0.405. The molecule has 0 spiro atoms. The van der Waals surface area contributed by atoms with Crippen molar-refractivity contribution < 1.29 is 23.5 Å². The molecule has 172 valence electrons. The van der Waals surface area contributed by atoms with E-state index in [1.807, 2.05) is 0 Å². The molecule has 1 aromatic carbocycles. The van der Waals surface area contributed by atoms with Crippen molar-refractivity contribution >= 4 is 39.8 Å². The molecule has 0 aliphatic heterocycles. The highest BCUT2D eigenvalue weighted by molar-refractivity contribution is 8.00. The van der Waals surface area contributed by atoms with E-state index in [1.54, 1.807) is 25.1 Å². The molecule has 33 heavy (non-hydrogen) atoms. The second kappa shape index (κ2) is 9.50. The SMILES string of the molecule is COc1cc(C(=O)Nc2nnc(SCc3cc(=O)n4oc(C)cc4n3)s2)cc(OC)c1OC. The van der Waals surface area contributed by atoms with Gasteiger partial charge in [0.1, 0.15) is 5.76 Å². The average Bonchev–Trinajstić information content (AvgIpc) is 3.42. The highest BCUT2D eigenvalue weighted by Crippen LogP contribution is 2.38. The molecule has 0 atom stereocenters. The number of hydrogen-bond donors (Lipinski definition) is 1. The molecule has 11 nitrogen and oxygen atoms in total. The number of carbonyl (C=O) groups excluding carboxylic acids is 1. The number of aryl methyl sites for hydroxylation is 1. The monoisotopic (exact) mass is 489 g/mol. The van der Waals surface area contributed by atoms with Gasteiger partial charge in [-0.1, -0.05) is 23.1 Å². The van der Waals surface area contributed by atoms with E-state index < -0.39 is 5.91 Å². The van der Waals surface area contributed by atoms with Crippen molar-refractivity contribution in [1.82, 2.24) is 19.8 Å². The molecule has 0 aliphatic rings. The molecule has 0 fully saturated rings. The number of anilines is 1.